The van der Waals surface area contributed by atoms with Crippen LogP contribution in [0.1, 0.15) is 87.0 Å². The van der Waals surface area contributed by atoms with Crippen molar-refractivity contribution in [2.45, 2.75) is 79.1 Å². The zero-order valence-electron chi connectivity index (χ0n) is 30.2. The summed E-state index contributed by atoms with van der Waals surface area (Å²) in [6, 6.07) is 32.5. The van der Waals surface area contributed by atoms with E-state index in [1.807, 2.05) is 0 Å². The molecule has 1 heteroatoms. The first-order valence-electron chi connectivity index (χ1n) is 18.0. The molecule has 0 aliphatic heterocycles. The summed E-state index contributed by atoms with van der Waals surface area (Å²) < 4.78 is 2.58. The van der Waals surface area contributed by atoms with Crippen LogP contribution in [0.15, 0.2) is 97.1 Å². The Morgan fingerprint density at radius 1 is 0.612 bits per heavy atom. The molecule has 0 bridgehead atoms. The maximum Gasteiger partial charge on any atom is 0.0575 e. The highest BCUT2D eigenvalue weighted by atomic mass is 15.0. The average molecular weight is 636 g/mol. The van der Waals surface area contributed by atoms with Gasteiger partial charge in [-0.25, -0.2) is 0 Å². The van der Waals surface area contributed by atoms with Gasteiger partial charge in [0.15, 0.2) is 0 Å². The first kappa shape index (κ1) is 30.2. The monoisotopic (exact) mass is 635 g/mol. The maximum absolute atomic E-state index is 2.58. The number of nitrogens with zero attached hydrogens (tertiary/aromatic N) is 1. The number of aromatic nitrogens is 1. The SMILES string of the molecule is Cc1c(C)n(-c2ccc3c(C(C)(C)C)c4cc(-c5ccccc5)ccc4c(C(C)(C)C)c3c2)c2c3c4c5c(ccc4cc12)C=CCC5=CC3. The molecule has 7 aromatic rings. The van der Waals surface area contributed by atoms with E-state index >= 15 is 0 Å². The Kier molecular flexibility index (Phi) is 6.36. The Balaban J connectivity index is 1.38. The summed E-state index contributed by atoms with van der Waals surface area (Å²) in [5.74, 6) is 0. The van der Waals surface area contributed by atoms with Gasteiger partial charge in [0.1, 0.15) is 0 Å². The minimum absolute atomic E-state index is 0.0446. The van der Waals surface area contributed by atoms with Crippen LogP contribution >= 0.6 is 0 Å². The fourth-order valence-electron chi connectivity index (χ4n) is 9.27. The molecule has 49 heavy (non-hydrogen) atoms. The van der Waals surface area contributed by atoms with Crippen molar-refractivity contribution in [3.63, 3.8) is 0 Å². The molecule has 0 spiro atoms. The lowest BCUT2D eigenvalue weighted by Gasteiger charge is -2.31. The van der Waals surface area contributed by atoms with Crippen molar-refractivity contribution >= 4 is 54.9 Å². The van der Waals surface area contributed by atoms with E-state index in [2.05, 4.69) is 163 Å². The molecule has 242 valence electrons. The predicted octanol–water partition coefficient (Wildman–Crippen LogP) is 13.3. The van der Waals surface area contributed by atoms with Gasteiger partial charge in [-0.05, 0) is 144 Å². The lowest BCUT2D eigenvalue weighted by molar-refractivity contribution is 0.593. The number of rotatable bonds is 2. The summed E-state index contributed by atoms with van der Waals surface area (Å²) in [6.45, 7) is 18.9. The molecule has 6 aromatic carbocycles. The third-order valence-electron chi connectivity index (χ3n) is 11.4. The lowest BCUT2D eigenvalue weighted by Crippen LogP contribution is -2.18. The average Bonchev–Trinajstić information content (AvgIpc) is 3.33. The van der Waals surface area contributed by atoms with E-state index < -0.39 is 0 Å². The second-order valence-electron chi connectivity index (χ2n) is 16.6. The van der Waals surface area contributed by atoms with Crippen molar-refractivity contribution < 1.29 is 0 Å². The fraction of sp³-hybridized carbons (Fsp3) is 0.250. The summed E-state index contributed by atoms with van der Waals surface area (Å²) in [6.07, 6.45) is 9.13. The summed E-state index contributed by atoms with van der Waals surface area (Å²) >= 11 is 0. The molecular formula is C48H45N. The van der Waals surface area contributed by atoms with Crippen molar-refractivity contribution in [3.05, 3.63) is 136 Å². The second-order valence-corrected chi connectivity index (χ2v) is 16.6. The Labute approximate surface area is 290 Å². The standard InChI is InChI=1S/C48H45N/c1-28-29(2)49(46-38-23-19-32-16-12-15-31-17-18-34(26-39(28)46)43(38)42(31)32)35-21-24-37-41(27-35)45(48(6,7)8)36-22-20-33(30-13-10-9-11-14-30)25-40(36)44(37)47(3,4)5/h9-15,17-22,24-27H,16,23H2,1-8H3. The number of allylic oxidation sites excluding steroid dienone is 3. The summed E-state index contributed by atoms with van der Waals surface area (Å²) in [4.78, 5) is 0. The van der Waals surface area contributed by atoms with Crippen LogP contribution < -0.4 is 0 Å². The van der Waals surface area contributed by atoms with Crippen LogP contribution in [0.2, 0.25) is 0 Å². The van der Waals surface area contributed by atoms with E-state index in [0.29, 0.717) is 0 Å². The molecule has 9 rings (SSSR count). The molecule has 2 aliphatic carbocycles. The normalized spacial score (nSPS) is 14.4. The second kappa shape index (κ2) is 10.3. The zero-order chi connectivity index (χ0) is 34.0. The van der Waals surface area contributed by atoms with Crippen molar-refractivity contribution in [2.75, 3.05) is 0 Å². The number of hydrogen-bond acceptors (Lipinski definition) is 0. The first-order valence-corrected chi connectivity index (χ1v) is 18.0. The van der Waals surface area contributed by atoms with Gasteiger partial charge in [-0.2, -0.15) is 0 Å². The van der Waals surface area contributed by atoms with Crippen LogP contribution in [0.25, 0.3) is 71.7 Å². The molecule has 1 heterocycles. The number of hydrogen-bond donors (Lipinski definition) is 0. The molecule has 0 N–H and O–H groups in total. The van der Waals surface area contributed by atoms with Gasteiger partial charge in [0.25, 0.3) is 0 Å². The van der Waals surface area contributed by atoms with Gasteiger partial charge in [0, 0.05) is 16.8 Å². The molecule has 0 fully saturated rings. The van der Waals surface area contributed by atoms with Gasteiger partial charge in [-0.1, -0.05) is 120 Å². The van der Waals surface area contributed by atoms with E-state index in [4.69, 9.17) is 0 Å². The Morgan fingerprint density at radius 2 is 1.31 bits per heavy atom. The van der Waals surface area contributed by atoms with Crippen LogP contribution in [0.5, 0.6) is 0 Å². The third-order valence-corrected chi connectivity index (χ3v) is 11.4. The number of aryl methyl sites for hydroxylation is 1. The van der Waals surface area contributed by atoms with Gasteiger partial charge >= 0.3 is 0 Å². The topological polar surface area (TPSA) is 4.93 Å². The number of benzene rings is 6. The lowest BCUT2D eigenvalue weighted by atomic mass is 9.73. The summed E-state index contributed by atoms with van der Waals surface area (Å²) in [5.41, 5.74) is 16.4. The molecule has 0 atom stereocenters. The van der Waals surface area contributed by atoms with Crippen LogP contribution in [-0.4, -0.2) is 4.57 Å². The Bertz CT molecular complexity index is 2610. The molecule has 0 radical (unpaired) electrons. The van der Waals surface area contributed by atoms with E-state index in [1.165, 1.54) is 105 Å². The summed E-state index contributed by atoms with van der Waals surface area (Å²) in [7, 11) is 0. The quantitative estimate of drug-likeness (QED) is 0.167. The van der Waals surface area contributed by atoms with Gasteiger partial charge in [-0.15, -0.1) is 0 Å². The van der Waals surface area contributed by atoms with Gasteiger partial charge in [-0.3, -0.25) is 0 Å². The highest BCUT2D eigenvalue weighted by Crippen LogP contribution is 2.48. The van der Waals surface area contributed by atoms with E-state index in [9.17, 15) is 0 Å². The van der Waals surface area contributed by atoms with Crippen molar-refractivity contribution in [3.8, 4) is 16.8 Å². The third kappa shape index (κ3) is 4.37. The van der Waals surface area contributed by atoms with Gasteiger partial charge in [0.2, 0.25) is 0 Å². The molecule has 1 aromatic heterocycles. The first-order chi connectivity index (χ1) is 23.4. The molecular weight excluding hydrogens is 591 g/mol. The highest BCUT2D eigenvalue weighted by Gasteiger charge is 2.29. The van der Waals surface area contributed by atoms with Gasteiger partial charge in [0.05, 0.1) is 5.52 Å². The van der Waals surface area contributed by atoms with Gasteiger partial charge < -0.3 is 4.57 Å². The molecule has 0 unspecified atom stereocenters. The Morgan fingerprint density at radius 3 is 2.02 bits per heavy atom. The van der Waals surface area contributed by atoms with E-state index in [1.54, 1.807) is 0 Å². The molecule has 0 saturated heterocycles. The van der Waals surface area contributed by atoms with Crippen LogP contribution in [0.4, 0.5) is 0 Å². The molecule has 1 nitrogen and oxygen atoms in total. The predicted molar refractivity (Wildman–Crippen MR) is 213 cm³/mol. The largest absolute Gasteiger partial charge is 0.313 e. The Hall–Kier alpha value is -4.88. The van der Waals surface area contributed by atoms with E-state index in [0.717, 1.165) is 12.8 Å². The minimum Gasteiger partial charge on any atom is -0.313 e. The summed E-state index contributed by atoms with van der Waals surface area (Å²) in [5, 5.41) is 9.67. The zero-order valence-corrected chi connectivity index (χ0v) is 30.2. The molecule has 0 saturated carbocycles. The highest BCUT2D eigenvalue weighted by molar-refractivity contribution is 6.12. The number of fused-ring (bicyclic) bond motifs is 4. The fourth-order valence-corrected chi connectivity index (χ4v) is 9.27. The van der Waals surface area contributed by atoms with Crippen LogP contribution in [-0.2, 0) is 17.3 Å². The smallest absolute Gasteiger partial charge is 0.0575 e. The van der Waals surface area contributed by atoms with Crippen molar-refractivity contribution in [1.82, 2.24) is 4.57 Å². The van der Waals surface area contributed by atoms with Crippen molar-refractivity contribution in [1.29, 1.82) is 0 Å². The molecule has 2 aliphatic rings. The minimum atomic E-state index is -0.0561. The maximum atomic E-state index is 2.58. The van der Waals surface area contributed by atoms with Crippen LogP contribution in [0, 0.1) is 13.8 Å². The van der Waals surface area contributed by atoms with Crippen LogP contribution in [0.3, 0.4) is 0 Å². The molecule has 0 amide bonds. The van der Waals surface area contributed by atoms with Crippen molar-refractivity contribution in [2.24, 2.45) is 0 Å². The van der Waals surface area contributed by atoms with E-state index in [-0.39, 0.29) is 10.8 Å².